The minimum absolute atomic E-state index is 0.122. The number of nitrogens with zero attached hydrogens (tertiary/aromatic N) is 3. The van der Waals surface area contributed by atoms with Crippen molar-refractivity contribution >= 4 is 0 Å². The van der Waals surface area contributed by atoms with Crippen molar-refractivity contribution < 1.29 is 18.4 Å². The van der Waals surface area contributed by atoms with Gasteiger partial charge < -0.3 is 9.63 Å². The first kappa shape index (κ1) is 16.0. The second-order valence-electron chi connectivity index (χ2n) is 6.20. The molecule has 5 nitrogen and oxygen atoms in total. The maximum atomic E-state index is 14.0. The molecule has 0 radical (unpaired) electrons. The second-order valence-corrected chi connectivity index (χ2v) is 6.20. The molecule has 124 valence electrons. The molecule has 7 heteroatoms. The summed E-state index contributed by atoms with van der Waals surface area (Å²) in [6, 6.07) is 2.96. The highest BCUT2D eigenvalue weighted by molar-refractivity contribution is 5.24. The molecule has 1 saturated heterocycles. The molecular formula is C16H19F2N3O2. The second kappa shape index (κ2) is 6.33. The van der Waals surface area contributed by atoms with E-state index in [1.165, 1.54) is 6.07 Å². The molecule has 2 heterocycles. The van der Waals surface area contributed by atoms with Crippen LogP contribution in [0.25, 0.3) is 0 Å². The number of aromatic nitrogens is 2. The van der Waals surface area contributed by atoms with Crippen LogP contribution in [-0.4, -0.2) is 32.8 Å². The number of aliphatic hydroxyl groups excluding tert-OH is 1. The highest BCUT2D eigenvalue weighted by Crippen LogP contribution is 2.34. The van der Waals surface area contributed by atoms with E-state index < -0.39 is 23.8 Å². The van der Waals surface area contributed by atoms with Crippen molar-refractivity contribution in [1.29, 1.82) is 0 Å². The highest BCUT2D eigenvalue weighted by atomic mass is 19.1. The van der Waals surface area contributed by atoms with Gasteiger partial charge in [-0.3, -0.25) is 4.90 Å². The number of likely N-dealkylation sites (tertiary alicyclic amines) is 1. The molecule has 0 aliphatic carbocycles. The van der Waals surface area contributed by atoms with Gasteiger partial charge in [0.15, 0.2) is 5.82 Å². The Morgan fingerprint density at radius 2 is 2.17 bits per heavy atom. The first-order chi connectivity index (χ1) is 10.9. The van der Waals surface area contributed by atoms with Crippen molar-refractivity contribution in [3.63, 3.8) is 0 Å². The number of β-amino-alcohol motifs (C(OH)–C–C–N with tert-alkyl or cyclic N) is 1. The van der Waals surface area contributed by atoms with E-state index in [2.05, 4.69) is 10.1 Å². The van der Waals surface area contributed by atoms with E-state index in [-0.39, 0.29) is 11.5 Å². The molecule has 0 unspecified atom stereocenters. The molecule has 1 aromatic heterocycles. The van der Waals surface area contributed by atoms with Crippen molar-refractivity contribution in [2.24, 2.45) is 0 Å². The van der Waals surface area contributed by atoms with Crippen LogP contribution in [0.3, 0.4) is 0 Å². The third kappa shape index (κ3) is 3.40. The molecule has 0 spiro atoms. The van der Waals surface area contributed by atoms with Crippen LogP contribution in [0.15, 0.2) is 22.7 Å². The van der Waals surface area contributed by atoms with Crippen LogP contribution in [0.4, 0.5) is 8.78 Å². The Kier molecular flexibility index (Phi) is 4.41. The lowest BCUT2D eigenvalue weighted by Gasteiger charge is -2.23. The van der Waals surface area contributed by atoms with Gasteiger partial charge in [0.2, 0.25) is 5.89 Å². The van der Waals surface area contributed by atoms with Gasteiger partial charge in [0.1, 0.15) is 11.6 Å². The Bertz CT molecular complexity index is 690. The van der Waals surface area contributed by atoms with E-state index in [9.17, 15) is 13.9 Å². The van der Waals surface area contributed by atoms with E-state index in [0.29, 0.717) is 31.2 Å². The predicted molar refractivity (Wildman–Crippen MR) is 78.5 cm³/mol. The zero-order valence-electron chi connectivity index (χ0n) is 13.0. The summed E-state index contributed by atoms with van der Waals surface area (Å²) in [6.07, 6.45) is -0.255. The molecular weight excluding hydrogens is 304 g/mol. The molecule has 0 saturated carbocycles. The van der Waals surface area contributed by atoms with Gasteiger partial charge >= 0.3 is 0 Å². The molecule has 2 aromatic rings. The third-order valence-corrected chi connectivity index (χ3v) is 4.02. The first-order valence-corrected chi connectivity index (χ1v) is 7.63. The summed E-state index contributed by atoms with van der Waals surface area (Å²) >= 11 is 0. The Labute approximate surface area is 132 Å². The SMILES string of the molecule is CC(C)c1nc(CN2C[C@@H](O)C[C@H]2c2cc(F)ccc2F)no1. The average Bonchev–Trinajstić information content (AvgIpc) is 3.09. The largest absolute Gasteiger partial charge is 0.392 e. The summed E-state index contributed by atoms with van der Waals surface area (Å²) in [7, 11) is 0. The normalized spacial score (nSPS) is 22.2. The summed E-state index contributed by atoms with van der Waals surface area (Å²) in [6.45, 7) is 4.56. The average molecular weight is 323 g/mol. The van der Waals surface area contributed by atoms with Crippen LogP contribution in [0.5, 0.6) is 0 Å². The maximum absolute atomic E-state index is 14.0. The van der Waals surface area contributed by atoms with Crippen molar-refractivity contribution in [2.75, 3.05) is 6.54 Å². The van der Waals surface area contributed by atoms with Crippen LogP contribution in [0.2, 0.25) is 0 Å². The fourth-order valence-corrected chi connectivity index (χ4v) is 2.90. The quantitative estimate of drug-likeness (QED) is 0.937. The standard InChI is InChI=1S/C16H19F2N3O2/c1-9(2)16-19-15(20-23-16)8-21-7-11(22)6-14(21)12-5-10(17)3-4-13(12)18/h3-5,9,11,14,22H,6-8H2,1-2H3/t11-,14-/m0/s1. The van der Waals surface area contributed by atoms with Gasteiger partial charge in [0, 0.05) is 24.1 Å². The van der Waals surface area contributed by atoms with Crippen LogP contribution in [0.1, 0.15) is 49.5 Å². The van der Waals surface area contributed by atoms with Gasteiger partial charge in [-0.05, 0) is 24.6 Å². The summed E-state index contributed by atoms with van der Waals surface area (Å²) in [5.41, 5.74) is 0.245. The van der Waals surface area contributed by atoms with Gasteiger partial charge in [0.05, 0.1) is 12.6 Å². The number of halogens is 2. The van der Waals surface area contributed by atoms with Gasteiger partial charge in [-0.25, -0.2) is 8.78 Å². The zero-order valence-corrected chi connectivity index (χ0v) is 13.0. The predicted octanol–water partition coefficient (Wildman–Crippen LogP) is 2.78. The van der Waals surface area contributed by atoms with Crippen molar-refractivity contribution in [3.05, 3.63) is 47.1 Å². The van der Waals surface area contributed by atoms with Gasteiger partial charge in [-0.15, -0.1) is 0 Å². The summed E-state index contributed by atoms with van der Waals surface area (Å²) in [4.78, 5) is 6.14. The minimum atomic E-state index is -0.598. The van der Waals surface area contributed by atoms with Crippen LogP contribution in [0, 0.1) is 11.6 Å². The molecule has 1 aromatic carbocycles. The lowest BCUT2D eigenvalue weighted by molar-refractivity contribution is 0.170. The van der Waals surface area contributed by atoms with E-state index >= 15 is 0 Å². The third-order valence-electron chi connectivity index (χ3n) is 4.02. The van der Waals surface area contributed by atoms with E-state index in [1.54, 1.807) is 0 Å². The molecule has 0 amide bonds. The Hall–Kier alpha value is -1.86. The van der Waals surface area contributed by atoms with Crippen LogP contribution in [-0.2, 0) is 6.54 Å². The van der Waals surface area contributed by atoms with Gasteiger partial charge in [-0.1, -0.05) is 19.0 Å². The van der Waals surface area contributed by atoms with Crippen molar-refractivity contribution in [3.8, 4) is 0 Å². The molecule has 0 bridgehead atoms. The first-order valence-electron chi connectivity index (χ1n) is 7.63. The Balaban J connectivity index is 1.83. The lowest BCUT2D eigenvalue weighted by atomic mass is 10.0. The van der Waals surface area contributed by atoms with Crippen LogP contribution < -0.4 is 0 Å². The van der Waals surface area contributed by atoms with Gasteiger partial charge in [-0.2, -0.15) is 4.98 Å². The smallest absolute Gasteiger partial charge is 0.229 e. The van der Waals surface area contributed by atoms with E-state index in [1.807, 2.05) is 18.7 Å². The molecule has 1 aliphatic heterocycles. The molecule has 1 fully saturated rings. The number of hydrogen-bond acceptors (Lipinski definition) is 5. The van der Waals surface area contributed by atoms with E-state index in [4.69, 9.17) is 4.52 Å². The zero-order chi connectivity index (χ0) is 16.6. The van der Waals surface area contributed by atoms with Crippen LogP contribution >= 0.6 is 0 Å². The molecule has 23 heavy (non-hydrogen) atoms. The van der Waals surface area contributed by atoms with Gasteiger partial charge in [0.25, 0.3) is 0 Å². The fourth-order valence-electron chi connectivity index (χ4n) is 2.90. The number of hydrogen-bond donors (Lipinski definition) is 1. The highest BCUT2D eigenvalue weighted by Gasteiger charge is 2.34. The summed E-state index contributed by atoms with van der Waals surface area (Å²) in [5, 5.41) is 13.9. The van der Waals surface area contributed by atoms with Crippen molar-refractivity contribution in [1.82, 2.24) is 15.0 Å². The monoisotopic (exact) mass is 323 g/mol. The Morgan fingerprint density at radius 3 is 2.87 bits per heavy atom. The number of rotatable bonds is 4. The number of benzene rings is 1. The Morgan fingerprint density at radius 1 is 1.39 bits per heavy atom. The number of aliphatic hydroxyl groups is 1. The lowest BCUT2D eigenvalue weighted by Crippen LogP contribution is -2.25. The van der Waals surface area contributed by atoms with Crippen molar-refractivity contribution in [2.45, 2.75) is 44.9 Å². The minimum Gasteiger partial charge on any atom is -0.392 e. The maximum Gasteiger partial charge on any atom is 0.229 e. The fraction of sp³-hybridized carbons (Fsp3) is 0.500. The molecule has 1 N–H and O–H groups in total. The summed E-state index contributed by atoms with van der Waals surface area (Å²) in [5.74, 6) is 0.158. The summed E-state index contributed by atoms with van der Waals surface area (Å²) < 4.78 is 32.7. The molecule has 2 atom stereocenters. The molecule has 3 rings (SSSR count). The molecule has 1 aliphatic rings. The topological polar surface area (TPSA) is 62.4 Å². The van der Waals surface area contributed by atoms with E-state index in [0.717, 1.165) is 12.1 Å².